The van der Waals surface area contributed by atoms with Crippen molar-refractivity contribution in [2.75, 3.05) is 25.2 Å². The molecule has 0 saturated carbocycles. The first-order chi connectivity index (χ1) is 15.3. The van der Waals surface area contributed by atoms with E-state index in [1.54, 1.807) is 48.1 Å². The van der Waals surface area contributed by atoms with Crippen molar-refractivity contribution in [1.29, 1.82) is 0 Å². The molecule has 13 heteroatoms. The molecule has 5 N–H and O–H groups in total. The van der Waals surface area contributed by atoms with Crippen molar-refractivity contribution in [1.82, 2.24) is 24.6 Å². The highest BCUT2D eigenvalue weighted by molar-refractivity contribution is 7.52. The highest BCUT2D eigenvalue weighted by atomic mass is 31.2. The number of nitrogens with one attached hydrogen (secondary N) is 1. The topological polar surface area (TPSA) is 170 Å². The average molecular weight is 463 g/mol. The van der Waals surface area contributed by atoms with Gasteiger partial charge in [-0.3, -0.25) is 4.52 Å². The lowest BCUT2D eigenvalue weighted by Crippen LogP contribution is -2.30. The zero-order valence-corrected chi connectivity index (χ0v) is 18.6. The first kappa shape index (κ1) is 23.6. The lowest BCUT2D eigenvalue weighted by atomic mass is 10.2. The van der Waals surface area contributed by atoms with Gasteiger partial charge in [0.25, 0.3) is 0 Å². The molecule has 0 amide bonds. The number of imidazole rings is 1. The number of ether oxygens (including phenoxy) is 1. The van der Waals surface area contributed by atoms with Gasteiger partial charge in [-0.25, -0.2) is 14.6 Å². The van der Waals surface area contributed by atoms with Crippen molar-refractivity contribution in [3.05, 3.63) is 36.7 Å². The van der Waals surface area contributed by atoms with Crippen molar-refractivity contribution in [2.45, 2.75) is 32.0 Å². The van der Waals surface area contributed by atoms with Crippen molar-refractivity contribution >= 4 is 37.0 Å². The Hall–Kier alpha value is -3.05. The van der Waals surface area contributed by atoms with Gasteiger partial charge in [0, 0.05) is 13.7 Å². The number of aryl methyl sites for hydroxylation is 1. The highest BCUT2D eigenvalue weighted by Crippen LogP contribution is 2.44. The third-order valence-corrected chi connectivity index (χ3v) is 6.16. The lowest BCUT2D eigenvalue weighted by molar-refractivity contribution is -0.109. The van der Waals surface area contributed by atoms with Gasteiger partial charge >= 0.3 is 7.75 Å². The van der Waals surface area contributed by atoms with Gasteiger partial charge in [-0.05, 0) is 25.5 Å². The van der Waals surface area contributed by atoms with E-state index in [2.05, 4.69) is 20.0 Å². The van der Waals surface area contributed by atoms with Crippen LogP contribution in [0.1, 0.15) is 13.3 Å². The molecule has 0 aliphatic heterocycles. The number of nitrogen functional groups attached to an aromatic ring is 2. The van der Waals surface area contributed by atoms with Gasteiger partial charge in [-0.2, -0.15) is 9.97 Å². The Morgan fingerprint density at radius 2 is 2.00 bits per heavy atom. The second kappa shape index (κ2) is 10.5. The molecule has 12 nitrogen and oxygen atoms in total. The normalized spacial score (nSPS) is 15.2. The maximum atomic E-state index is 13.2. The Balaban J connectivity index is 1.66. The second-order valence-electron chi connectivity index (χ2n) is 6.98. The number of nitrogens with zero attached hydrogens (tertiary/aromatic N) is 4. The molecule has 3 rings (SSSR count). The molecule has 32 heavy (non-hydrogen) atoms. The average Bonchev–Trinajstić information content (AvgIpc) is 3.17. The fourth-order valence-corrected chi connectivity index (χ4v) is 4.37. The monoisotopic (exact) mass is 463 g/mol. The van der Waals surface area contributed by atoms with Crippen LogP contribution < -0.4 is 21.1 Å². The summed E-state index contributed by atoms with van der Waals surface area (Å²) in [5.41, 5.74) is 12.5. The fourth-order valence-electron chi connectivity index (χ4n) is 2.87. The summed E-state index contributed by atoms with van der Waals surface area (Å²) >= 11 is 0. The Morgan fingerprint density at radius 3 is 2.69 bits per heavy atom. The van der Waals surface area contributed by atoms with Crippen LogP contribution in [0.4, 0.5) is 11.8 Å². The number of hydrogen-bond donors (Lipinski definition) is 3. The van der Waals surface area contributed by atoms with Gasteiger partial charge in [-0.15, -0.1) is 0 Å². The number of benzene rings is 1. The van der Waals surface area contributed by atoms with E-state index in [0.29, 0.717) is 36.2 Å². The summed E-state index contributed by atoms with van der Waals surface area (Å²) in [6, 6.07) is 7.81. The zero-order chi connectivity index (χ0) is 23.1. The third-order valence-electron chi connectivity index (χ3n) is 4.50. The van der Waals surface area contributed by atoms with Crippen LogP contribution in [0.2, 0.25) is 0 Å². The Labute approximate surface area is 184 Å². The van der Waals surface area contributed by atoms with Gasteiger partial charge < -0.3 is 30.1 Å². The number of carbonyl (C=O) groups is 1. The summed E-state index contributed by atoms with van der Waals surface area (Å²) in [5, 5.41) is 2.60. The van der Waals surface area contributed by atoms with Crippen LogP contribution in [-0.4, -0.2) is 51.7 Å². The van der Waals surface area contributed by atoms with Gasteiger partial charge in [0.15, 0.2) is 11.5 Å². The molecule has 3 aromatic rings. The fraction of sp³-hybridized carbons (Fsp3) is 0.368. The molecular formula is C19H26N7O5P. The smallest absolute Gasteiger partial charge is 0.413 e. The van der Waals surface area contributed by atoms with E-state index in [4.69, 9.17) is 25.3 Å². The van der Waals surface area contributed by atoms with Crippen molar-refractivity contribution < 1.29 is 23.1 Å². The quantitative estimate of drug-likeness (QED) is 0.264. The highest BCUT2D eigenvalue weighted by Gasteiger charge is 2.30. The number of aldehydes is 1. The van der Waals surface area contributed by atoms with E-state index in [0.717, 1.165) is 0 Å². The minimum absolute atomic E-state index is 0.0505. The maximum absolute atomic E-state index is 13.2. The van der Waals surface area contributed by atoms with Crippen LogP contribution >= 0.6 is 7.75 Å². The summed E-state index contributed by atoms with van der Waals surface area (Å²) in [7, 11) is -2.33. The first-order valence-corrected chi connectivity index (χ1v) is 11.4. The minimum atomic E-state index is -3.85. The Bertz CT molecular complexity index is 1090. The molecule has 1 aromatic carbocycles. The molecule has 0 fully saturated rings. The van der Waals surface area contributed by atoms with Gasteiger partial charge in [0.2, 0.25) is 5.95 Å². The minimum Gasteiger partial charge on any atom is -0.413 e. The molecule has 172 valence electrons. The van der Waals surface area contributed by atoms with E-state index in [1.165, 1.54) is 7.11 Å². The molecule has 2 heterocycles. The number of nitrogens with two attached hydrogens (primary N) is 2. The van der Waals surface area contributed by atoms with Gasteiger partial charge in [0.1, 0.15) is 17.6 Å². The van der Waals surface area contributed by atoms with Crippen LogP contribution in [-0.2, 0) is 25.2 Å². The molecule has 0 radical (unpaired) electrons. The summed E-state index contributed by atoms with van der Waals surface area (Å²) < 4.78 is 31.6. The largest absolute Gasteiger partial charge is 0.459 e. The van der Waals surface area contributed by atoms with Gasteiger partial charge in [-0.1, -0.05) is 18.2 Å². The van der Waals surface area contributed by atoms with E-state index in [-0.39, 0.29) is 18.4 Å². The van der Waals surface area contributed by atoms with Crippen LogP contribution in [0.3, 0.4) is 0 Å². The number of aromatic nitrogens is 4. The molecule has 3 atom stereocenters. The van der Waals surface area contributed by atoms with Crippen LogP contribution in [0, 0.1) is 0 Å². The predicted octanol–water partition coefficient (Wildman–Crippen LogP) is 1.78. The van der Waals surface area contributed by atoms with E-state index < -0.39 is 19.9 Å². The molecule has 0 aliphatic rings. The number of fused-ring (bicyclic) bond motifs is 1. The summed E-state index contributed by atoms with van der Waals surface area (Å²) in [5.74, 6) is 0.597. The van der Waals surface area contributed by atoms with E-state index >= 15 is 0 Å². The number of methoxy groups -OCH3 is 1. The third kappa shape index (κ3) is 6.01. The zero-order valence-electron chi connectivity index (χ0n) is 17.7. The molecule has 0 aliphatic carbocycles. The number of carbonyl (C=O) groups excluding carboxylic acids is 1. The van der Waals surface area contributed by atoms with Crippen LogP contribution in [0.5, 0.6) is 5.75 Å². The SMILES string of the molecule is COC(CCn1cnc2c(N)nc(N)nc21)CO[P@@](=O)(NC(C)C=O)Oc1ccccc1. The van der Waals surface area contributed by atoms with Crippen LogP contribution in [0.15, 0.2) is 36.7 Å². The molecule has 2 unspecified atom stereocenters. The molecule has 0 saturated heterocycles. The molecule has 0 bridgehead atoms. The predicted molar refractivity (Wildman–Crippen MR) is 119 cm³/mol. The Morgan fingerprint density at radius 1 is 1.25 bits per heavy atom. The van der Waals surface area contributed by atoms with Crippen molar-refractivity contribution in [2.24, 2.45) is 0 Å². The van der Waals surface area contributed by atoms with E-state index in [1.807, 2.05) is 0 Å². The second-order valence-corrected chi connectivity index (χ2v) is 8.67. The Kier molecular flexibility index (Phi) is 7.75. The summed E-state index contributed by atoms with van der Waals surface area (Å²) in [6.07, 6.45) is 2.23. The number of para-hydroxylation sites is 1. The molecule has 0 spiro atoms. The molecular weight excluding hydrogens is 437 g/mol. The maximum Gasteiger partial charge on any atom is 0.459 e. The number of anilines is 2. The molecule has 2 aromatic heterocycles. The number of hydrogen-bond acceptors (Lipinski definition) is 10. The van der Waals surface area contributed by atoms with Crippen LogP contribution in [0.25, 0.3) is 11.2 Å². The lowest BCUT2D eigenvalue weighted by Gasteiger charge is -2.23. The standard InChI is InChI=1S/C19H26N7O5P/c1-13(10-27)25-32(28,31-14-6-4-3-5-7-14)30-11-15(29-2)8-9-26-12-22-16-17(20)23-19(21)24-18(16)26/h3-7,10,12-13,15H,8-9,11H2,1-2H3,(H,25,28)(H4,20,21,23,24)/t13?,15?,32-/m0/s1. The van der Waals surface area contributed by atoms with Crippen molar-refractivity contribution in [3.8, 4) is 5.75 Å². The summed E-state index contributed by atoms with van der Waals surface area (Å²) in [6.45, 7) is 1.95. The number of rotatable bonds is 12. The van der Waals surface area contributed by atoms with Gasteiger partial charge in [0.05, 0.1) is 25.1 Å². The van der Waals surface area contributed by atoms with E-state index in [9.17, 15) is 9.36 Å². The summed E-state index contributed by atoms with van der Waals surface area (Å²) in [4.78, 5) is 23.4. The first-order valence-electron chi connectivity index (χ1n) is 9.82. The van der Waals surface area contributed by atoms with Crippen molar-refractivity contribution in [3.63, 3.8) is 0 Å².